The Bertz CT molecular complexity index is 656. The van der Waals surface area contributed by atoms with Gasteiger partial charge >= 0.3 is 0 Å². The molecule has 1 atom stereocenters. The van der Waals surface area contributed by atoms with Crippen LogP contribution in [0.25, 0.3) is 0 Å². The Morgan fingerprint density at radius 3 is 2.19 bits per heavy atom. The summed E-state index contributed by atoms with van der Waals surface area (Å²) in [4.78, 5) is 10.0. The van der Waals surface area contributed by atoms with Crippen molar-refractivity contribution in [3.8, 4) is 0 Å². The Labute approximate surface area is 132 Å². The lowest BCUT2D eigenvalue weighted by atomic mass is 10.0. The monoisotopic (exact) mass is 375 g/mol. The second-order valence-corrected chi connectivity index (χ2v) is 5.82. The second kappa shape index (κ2) is 6.49. The lowest BCUT2D eigenvalue weighted by Crippen LogP contribution is -2.03. The summed E-state index contributed by atoms with van der Waals surface area (Å²) in [6, 6.07) is 7.97. The van der Waals surface area contributed by atoms with Crippen LogP contribution in [-0.4, -0.2) is 4.92 Å². The SMILES string of the molecule is O=[N+]([O-])c1ccc(CC(Cl)c2c(F)cc(Br)cc2F)cc1. The van der Waals surface area contributed by atoms with Crippen LogP contribution in [0.5, 0.6) is 0 Å². The van der Waals surface area contributed by atoms with Crippen molar-refractivity contribution in [3.05, 3.63) is 73.7 Å². The summed E-state index contributed by atoms with van der Waals surface area (Å²) in [5, 5.41) is 9.65. The lowest BCUT2D eigenvalue weighted by molar-refractivity contribution is -0.384. The second-order valence-electron chi connectivity index (χ2n) is 4.38. The van der Waals surface area contributed by atoms with E-state index in [9.17, 15) is 18.9 Å². The normalized spacial score (nSPS) is 12.2. The first-order valence-electron chi connectivity index (χ1n) is 5.90. The van der Waals surface area contributed by atoms with Crippen molar-refractivity contribution in [2.75, 3.05) is 0 Å². The maximum atomic E-state index is 13.8. The highest BCUT2D eigenvalue weighted by Crippen LogP contribution is 2.31. The Hall–Kier alpha value is -1.53. The van der Waals surface area contributed by atoms with Crippen LogP contribution in [0.15, 0.2) is 40.9 Å². The van der Waals surface area contributed by atoms with Gasteiger partial charge in [-0.25, -0.2) is 8.78 Å². The number of hydrogen-bond donors (Lipinski definition) is 0. The first kappa shape index (κ1) is 15.9. The van der Waals surface area contributed by atoms with Crippen LogP contribution in [-0.2, 0) is 6.42 Å². The van der Waals surface area contributed by atoms with Crippen molar-refractivity contribution < 1.29 is 13.7 Å². The molecule has 0 spiro atoms. The molecule has 0 aliphatic carbocycles. The van der Waals surface area contributed by atoms with Crippen LogP contribution in [0, 0.1) is 21.7 Å². The van der Waals surface area contributed by atoms with Crippen molar-refractivity contribution in [2.45, 2.75) is 11.8 Å². The molecule has 0 saturated heterocycles. The molecule has 0 N–H and O–H groups in total. The minimum Gasteiger partial charge on any atom is -0.258 e. The summed E-state index contributed by atoms with van der Waals surface area (Å²) in [6.07, 6.45) is 0.162. The van der Waals surface area contributed by atoms with Gasteiger partial charge in [0.1, 0.15) is 11.6 Å². The van der Waals surface area contributed by atoms with E-state index in [2.05, 4.69) is 15.9 Å². The van der Waals surface area contributed by atoms with Gasteiger partial charge in [-0.15, -0.1) is 11.6 Å². The highest BCUT2D eigenvalue weighted by molar-refractivity contribution is 9.10. The Morgan fingerprint density at radius 2 is 1.71 bits per heavy atom. The zero-order chi connectivity index (χ0) is 15.6. The topological polar surface area (TPSA) is 43.1 Å². The van der Waals surface area contributed by atoms with E-state index >= 15 is 0 Å². The predicted octanol–water partition coefficient (Wildman–Crippen LogP) is 5.16. The number of rotatable bonds is 4. The van der Waals surface area contributed by atoms with Gasteiger partial charge in [0.25, 0.3) is 5.69 Å². The Kier molecular flexibility index (Phi) is 4.90. The molecule has 0 aliphatic heterocycles. The van der Waals surface area contributed by atoms with E-state index in [1.807, 2.05) is 0 Å². The molecule has 3 nitrogen and oxygen atoms in total. The highest BCUT2D eigenvalue weighted by atomic mass is 79.9. The van der Waals surface area contributed by atoms with Gasteiger partial charge in [-0.05, 0) is 24.1 Å². The van der Waals surface area contributed by atoms with Crippen molar-refractivity contribution in [2.24, 2.45) is 0 Å². The Morgan fingerprint density at radius 1 is 1.19 bits per heavy atom. The minimum atomic E-state index is -0.903. The first-order valence-corrected chi connectivity index (χ1v) is 7.13. The van der Waals surface area contributed by atoms with Gasteiger partial charge in [0, 0.05) is 22.2 Å². The Balaban J connectivity index is 2.22. The van der Waals surface area contributed by atoms with Crippen LogP contribution in [0.1, 0.15) is 16.5 Å². The van der Waals surface area contributed by atoms with Crippen molar-refractivity contribution in [3.63, 3.8) is 0 Å². The van der Waals surface area contributed by atoms with E-state index in [1.54, 1.807) is 0 Å². The van der Waals surface area contributed by atoms with Crippen LogP contribution in [0.4, 0.5) is 14.5 Å². The van der Waals surface area contributed by atoms with Gasteiger partial charge in [0.15, 0.2) is 0 Å². The molecule has 0 aliphatic rings. The third kappa shape index (κ3) is 3.77. The van der Waals surface area contributed by atoms with Gasteiger partial charge in [0.05, 0.1) is 10.3 Å². The summed E-state index contributed by atoms with van der Waals surface area (Å²) in [6.45, 7) is 0. The fourth-order valence-corrected chi connectivity index (χ4v) is 2.70. The molecule has 0 radical (unpaired) electrons. The molecule has 0 amide bonds. The van der Waals surface area contributed by atoms with E-state index in [1.165, 1.54) is 24.3 Å². The van der Waals surface area contributed by atoms with Crippen molar-refractivity contribution >= 4 is 33.2 Å². The molecule has 2 rings (SSSR count). The molecule has 0 heterocycles. The van der Waals surface area contributed by atoms with Crippen LogP contribution >= 0.6 is 27.5 Å². The number of hydrogen-bond acceptors (Lipinski definition) is 2. The summed E-state index contributed by atoms with van der Waals surface area (Å²) < 4.78 is 27.9. The van der Waals surface area contributed by atoms with Crippen LogP contribution in [0.2, 0.25) is 0 Å². The molecule has 0 aromatic heterocycles. The first-order chi connectivity index (χ1) is 9.88. The van der Waals surface area contributed by atoms with Crippen molar-refractivity contribution in [1.82, 2.24) is 0 Å². The van der Waals surface area contributed by atoms with Gasteiger partial charge in [0.2, 0.25) is 0 Å². The standard InChI is InChI=1S/C14H9BrClF2NO2/c15-9-6-12(17)14(13(18)7-9)11(16)5-8-1-3-10(4-2-8)19(20)21/h1-4,6-7,11H,5H2. The molecule has 21 heavy (non-hydrogen) atoms. The average molecular weight is 377 g/mol. The molecule has 0 bridgehead atoms. The third-order valence-electron chi connectivity index (χ3n) is 2.92. The van der Waals surface area contributed by atoms with Crippen molar-refractivity contribution in [1.29, 1.82) is 0 Å². The summed E-state index contributed by atoms with van der Waals surface area (Å²) in [7, 11) is 0. The molecule has 0 saturated carbocycles. The van der Waals surface area contributed by atoms with Gasteiger partial charge in [-0.2, -0.15) is 0 Å². The van der Waals surface area contributed by atoms with Gasteiger partial charge < -0.3 is 0 Å². The molecule has 1 unspecified atom stereocenters. The average Bonchev–Trinajstić information content (AvgIpc) is 2.37. The molecule has 2 aromatic rings. The maximum Gasteiger partial charge on any atom is 0.269 e. The lowest BCUT2D eigenvalue weighted by Gasteiger charge is -2.12. The molecule has 7 heteroatoms. The summed E-state index contributed by atoms with van der Waals surface area (Å²) >= 11 is 9.07. The molecule has 0 fully saturated rings. The molecular formula is C14H9BrClF2NO2. The third-order valence-corrected chi connectivity index (χ3v) is 3.75. The minimum absolute atomic E-state index is 0.0501. The molecular weight excluding hydrogens is 368 g/mol. The number of benzene rings is 2. The molecule has 2 aromatic carbocycles. The van der Waals surface area contributed by atoms with Gasteiger partial charge in [-0.3, -0.25) is 10.1 Å². The number of alkyl halides is 1. The number of halogens is 4. The smallest absolute Gasteiger partial charge is 0.258 e. The van der Waals surface area contributed by atoms with Gasteiger partial charge in [-0.1, -0.05) is 28.1 Å². The van der Waals surface area contributed by atoms with E-state index < -0.39 is 21.9 Å². The zero-order valence-corrected chi connectivity index (χ0v) is 12.9. The largest absolute Gasteiger partial charge is 0.269 e. The number of nitrogens with zero attached hydrogens (tertiary/aromatic N) is 1. The van der Waals surface area contributed by atoms with Crippen LogP contribution < -0.4 is 0 Å². The molecule has 110 valence electrons. The summed E-state index contributed by atoms with van der Waals surface area (Å²) in [5.74, 6) is -1.47. The van der Waals surface area contributed by atoms with E-state index in [0.29, 0.717) is 10.0 Å². The zero-order valence-electron chi connectivity index (χ0n) is 10.5. The van der Waals surface area contributed by atoms with E-state index in [4.69, 9.17) is 11.6 Å². The number of nitro groups is 1. The fraction of sp³-hybridized carbons (Fsp3) is 0.143. The number of nitro benzene ring substituents is 1. The highest BCUT2D eigenvalue weighted by Gasteiger charge is 2.19. The number of non-ortho nitro benzene ring substituents is 1. The van der Waals surface area contributed by atoms with Crippen LogP contribution in [0.3, 0.4) is 0 Å². The maximum absolute atomic E-state index is 13.8. The fourth-order valence-electron chi connectivity index (χ4n) is 1.92. The quantitative estimate of drug-likeness (QED) is 0.420. The summed E-state index contributed by atoms with van der Waals surface area (Å²) in [5.41, 5.74) is 0.395. The van der Waals surface area contributed by atoms with E-state index in [0.717, 1.165) is 12.1 Å². The predicted molar refractivity (Wildman–Crippen MR) is 79.5 cm³/mol. The van der Waals surface area contributed by atoms with E-state index in [-0.39, 0.29) is 17.7 Å².